The zero-order valence-electron chi connectivity index (χ0n) is 11.9. The van der Waals surface area contributed by atoms with Crippen molar-refractivity contribution in [2.75, 3.05) is 11.9 Å². The predicted octanol–water partition coefficient (Wildman–Crippen LogP) is 4.25. The van der Waals surface area contributed by atoms with Crippen molar-refractivity contribution in [1.29, 1.82) is 0 Å². The molecule has 20 heavy (non-hydrogen) atoms. The summed E-state index contributed by atoms with van der Waals surface area (Å²) in [6.45, 7) is 4.04. The molecule has 2 nitrogen and oxygen atoms in total. The van der Waals surface area contributed by atoms with Crippen molar-refractivity contribution in [3.05, 3.63) is 65.2 Å². The van der Waals surface area contributed by atoms with Gasteiger partial charge in [0.1, 0.15) is 5.38 Å². The van der Waals surface area contributed by atoms with E-state index in [9.17, 15) is 4.79 Å². The van der Waals surface area contributed by atoms with E-state index >= 15 is 0 Å². The Bertz CT molecular complexity index is 589. The van der Waals surface area contributed by atoms with Crippen molar-refractivity contribution in [2.45, 2.75) is 19.2 Å². The molecule has 1 unspecified atom stereocenters. The number of benzene rings is 2. The molecule has 1 atom stereocenters. The zero-order valence-corrected chi connectivity index (χ0v) is 12.7. The summed E-state index contributed by atoms with van der Waals surface area (Å²) in [4.78, 5) is 14.1. The maximum absolute atomic E-state index is 12.5. The van der Waals surface area contributed by atoms with E-state index < -0.39 is 5.38 Å². The van der Waals surface area contributed by atoms with Crippen molar-refractivity contribution in [3.63, 3.8) is 0 Å². The Morgan fingerprint density at radius 3 is 2.15 bits per heavy atom. The number of amides is 1. The number of halogens is 1. The SMILES string of the molecule is Cc1cc(C)cc(N(C)C(=O)C(Cl)c2ccccc2)c1. The zero-order chi connectivity index (χ0) is 14.7. The van der Waals surface area contributed by atoms with E-state index in [1.54, 1.807) is 11.9 Å². The summed E-state index contributed by atoms with van der Waals surface area (Å²) >= 11 is 6.29. The van der Waals surface area contributed by atoms with Gasteiger partial charge in [-0.15, -0.1) is 11.6 Å². The Labute approximate surface area is 125 Å². The number of aryl methyl sites for hydroxylation is 2. The van der Waals surface area contributed by atoms with E-state index in [0.717, 1.165) is 22.4 Å². The molecule has 2 aromatic rings. The van der Waals surface area contributed by atoms with E-state index in [2.05, 4.69) is 6.07 Å². The Kier molecular flexibility index (Phi) is 4.46. The second-order valence-corrected chi connectivity index (χ2v) is 5.45. The van der Waals surface area contributed by atoms with E-state index in [-0.39, 0.29) is 5.91 Å². The summed E-state index contributed by atoms with van der Waals surface area (Å²) < 4.78 is 0. The minimum Gasteiger partial charge on any atom is -0.314 e. The Morgan fingerprint density at radius 1 is 1.05 bits per heavy atom. The van der Waals surface area contributed by atoms with Crippen molar-refractivity contribution in [3.8, 4) is 0 Å². The van der Waals surface area contributed by atoms with Crippen LogP contribution in [0.1, 0.15) is 22.1 Å². The van der Waals surface area contributed by atoms with Crippen LogP contribution in [0.25, 0.3) is 0 Å². The first-order valence-electron chi connectivity index (χ1n) is 6.54. The maximum Gasteiger partial charge on any atom is 0.249 e. The number of hydrogen-bond acceptors (Lipinski definition) is 1. The molecule has 0 heterocycles. The summed E-state index contributed by atoms with van der Waals surface area (Å²) in [5.41, 5.74) is 3.94. The van der Waals surface area contributed by atoms with E-state index in [4.69, 9.17) is 11.6 Å². The fourth-order valence-corrected chi connectivity index (χ4v) is 2.50. The van der Waals surface area contributed by atoms with Gasteiger partial charge in [-0.2, -0.15) is 0 Å². The third kappa shape index (κ3) is 3.20. The van der Waals surface area contributed by atoms with Gasteiger partial charge in [0.05, 0.1) is 0 Å². The van der Waals surface area contributed by atoms with Gasteiger partial charge in [-0.05, 0) is 42.7 Å². The molecule has 0 saturated carbocycles. The molecule has 1 amide bonds. The van der Waals surface area contributed by atoms with Gasteiger partial charge in [0.2, 0.25) is 5.91 Å². The van der Waals surface area contributed by atoms with Crippen molar-refractivity contribution in [2.24, 2.45) is 0 Å². The average Bonchev–Trinajstić information content (AvgIpc) is 2.45. The summed E-state index contributed by atoms with van der Waals surface area (Å²) in [5.74, 6) is -0.122. The normalized spacial score (nSPS) is 12.0. The second kappa shape index (κ2) is 6.10. The van der Waals surface area contributed by atoms with Crippen LogP contribution < -0.4 is 4.90 Å². The third-order valence-electron chi connectivity index (χ3n) is 3.23. The number of likely N-dealkylation sites (N-methyl/N-ethyl adjacent to an activating group) is 1. The number of alkyl halides is 1. The van der Waals surface area contributed by atoms with Gasteiger partial charge < -0.3 is 4.90 Å². The molecule has 0 spiro atoms. The lowest BCUT2D eigenvalue weighted by molar-refractivity contribution is -0.118. The smallest absolute Gasteiger partial charge is 0.249 e. The predicted molar refractivity (Wildman–Crippen MR) is 84.4 cm³/mol. The summed E-state index contributed by atoms with van der Waals surface area (Å²) in [6, 6.07) is 15.5. The molecular weight excluding hydrogens is 270 g/mol. The topological polar surface area (TPSA) is 20.3 Å². The first-order chi connectivity index (χ1) is 9.49. The fraction of sp³-hybridized carbons (Fsp3) is 0.235. The van der Waals surface area contributed by atoms with Crippen molar-refractivity contribution < 1.29 is 4.79 Å². The van der Waals surface area contributed by atoms with Crippen molar-refractivity contribution in [1.82, 2.24) is 0 Å². The molecule has 0 aliphatic rings. The highest BCUT2D eigenvalue weighted by molar-refractivity contribution is 6.32. The number of nitrogens with zero attached hydrogens (tertiary/aromatic N) is 1. The molecule has 104 valence electrons. The summed E-state index contributed by atoms with van der Waals surface area (Å²) in [5, 5.41) is -0.665. The number of carbonyl (C=O) groups is 1. The molecule has 0 aliphatic carbocycles. The van der Waals surface area contributed by atoms with E-state index in [0.29, 0.717) is 0 Å². The Balaban J connectivity index is 2.24. The highest BCUT2D eigenvalue weighted by atomic mass is 35.5. The van der Waals surface area contributed by atoms with Gasteiger partial charge in [-0.1, -0.05) is 36.4 Å². The highest BCUT2D eigenvalue weighted by Crippen LogP contribution is 2.26. The van der Waals surface area contributed by atoms with E-state index in [1.807, 2.05) is 56.3 Å². The molecule has 2 rings (SSSR count). The molecule has 0 aromatic heterocycles. The van der Waals surface area contributed by atoms with Crippen molar-refractivity contribution >= 4 is 23.2 Å². The Hall–Kier alpha value is -1.80. The van der Waals surface area contributed by atoms with Gasteiger partial charge in [0.15, 0.2) is 0 Å². The van der Waals surface area contributed by atoms with Crippen LogP contribution in [-0.4, -0.2) is 13.0 Å². The molecule has 0 radical (unpaired) electrons. The second-order valence-electron chi connectivity index (χ2n) is 5.02. The minimum absolute atomic E-state index is 0.122. The molecule has 0 saturated heterocycles. The van der Waals surface area contributed by atoms with Crippen LogP contribution in [0, 0.1) is 13.8 Å². The lowest BCUT2D eigenvalue weighted by atomic mass is 10.1. The summed E-state index contributed by atoms with van der Waals surface area (Å²) in [6.07, 6.45) is 0. The average molecular weight is 288 g/mol. The van der Waals surface area contributed by atoms with Gasteiger partial charge in [-0.3, -0.25) is 4.79 Å². The number of rotatable bonds is 3. The van der Waals surface area contributed by atoms with Gasteiger partial charge >= 0.3 is 0 Å². The van der Waals surface area contributed by atoms with Gasteiger partial charge in [0.25, 0.3) is 0 Å². The van der Waals surface area contributed by atoms with Crippen LogP contribution in [0.3, 0.4) is 0 Å². The van der Waals surface area contributed by atoms with Crippen LogP contribution in [0.4, 0.5) is 5.69 Å². The van der Waals surface area contributed by atoms with Crippen LogP contribution in [-0.2, 0) is 4.79 Å². The quantitative estimate of drug-likeness (QED) is 0.773. The lowest BCUT2D eigenvalue weighted by Crippen LogP contribution is -2.29. The largest absolute Gasteiger partial charge is 0.314 e. The van der Waals surface area contributed by atoms with Gasteiger partial charge in [0, 0.05) is 12.7 Å². The maximum atomic E-state index is 12.5. The highest BCUT2D eigenvalue weighted by Gasteiger charge is 2.22. The van der Waals surface area contributed by atoms with E-state index in [1.165, 1.54) is 0 Å². The third-order valence-corrected chi connectivity index (χ3v) is 3.67. The fourth-order valence-electron chi connectivity index (χ4n) is 2.21. The molecule has 2 aromatic carbocycles. The molecule has 0 N–H and O–H groups in total. The molecule has 0 aliphatic heterocycles. The lowest BCUT2D eigenvalue weighted by Gasteiger charge is -2.21. The molecule has 0 fully saturated rings. The first-order valence-corrected chi connectivity index (χ1v) is 6.97. The number of anilines is 1. The standard InChI is InChI=1S/C17H18ClNO/c1-12-9-13(2)11-15(10-12)19(3)17(20)16(18)14-7-5-4-6-8-14/h4-11,16H,1-3H3. The van der Waals surface area contributed by atoms with Crippen LogP contribution >= 0.6 is 11.6 Å². The van der Waals surface area contributed by atoms with Crippen LogP contribution in [0.15, 0.2) is 48.5 Å². The first kappa shape index (κ1) is 14.6. The number of carbonyl (C=O) groups excluding carboxylic acids is 1. The monoisotopic (exact) mass is 287 g/mol. The molecule has 3 heteroatoms. The molecule has 0 bridgehead atoms. The number of hydrogen-bond donors (Lipinski definition) is 0. The summed E-state index contributed by atoms with van der Waals surface area (Å²) in [7, 11) is 1.76. The Morgan fingerprint density at radius 2 is 1.60 bits per heavy atom. The van der Waals surface area contributed by atoms with Crippen LogP contribution in [0.5, 0.6) is 0 Å². The molecular formula is C17H18ClNO. The van der Waals surface area contributed by atoms with Gasteiger partial charge in [-0.25, -0.2) is 0 Å². The van der Waals surface area contributed by atoms with Crippen LogP contribution in [0.2, 0.25) is 0 Å². The minimum atomic E-state index is -0.665.